The molecule has 0 bridgehead atoms. The van der Waals surface area contributed by atoms with Crippen molar-refractivity contribution < 1.29 is 13.5 Å². The van der Waals surface area contributed by atoms with Crippen molar-refractivity contribution in [2.24, 2.45) is 4.99 Å². The van der Waals surface area contributed by atoms with Crippen LogP contribution in [0.1, 0.15) is 6.92 Å². The summed E-state index contributed by atoms with van der Waals surface area (Å²) >= 11 is 0. The number of aliphatic hydroxyl groups is 1. The maximum absolute atomic E-state index is 10.7. The van der Waals surface area contributed by atoms with Crippen LogP contribution in [0.15, 0.2) is 4.99 Å². The fourth-order valence-electron chi connectivity index (χ4n) is 0.558. The Morgan fingerprint density at radius 3 is 2.33 bits per heavy atom. The maximum Gasteiger partial charge on any atom is 0.222 e. The number of rotatable bonds is 0. The van der Waals surface area contributed by atoms with E-state index in [0.717, 1.165) is 0 Å². The van der Waals surface area contributed by atoms with Crippen LogP contribution in [0, 0.1) is 6.23 Å². The lowest BCUT2D eigenvalue weighted by Gasteiger charge is -1.88. The molecule has 51 valence electrons. The zero-order valence-electron chi connectivity index (χ0n) is 4.83. The van der Waals surface area contributed by atoms with Gasteiger partial charge in [-0.05, 0) is 6.92 Å². The average Bonchev–Trinajstić information content (AvgIpc) is 1.79. The largest absolute Gasteiger partial charge is 0.364 e. The van der Waals surface area contributed by atoms with E-state index >= 15 is 0 Å². The molecule has 0 unspecified atom stereocenters. The van der Waals surface area contributed by atoms with Crippen molar-refractivity contribution in [3.8, 4) is 0 Å². The predicted octanol–water partition coefficient (Wildman–Crippen LogP) is -0.305. The number of nitrogens with zero attached hydrogens (tertiary/aromatic N) is 1. The van der Waals surface area contributed by atoms with Crippen molar-refractivity contribution in [2.45, 2.75) is 6.92 Å². The standard InChI is InChI=1S/C4H6NO3S/c1-3-5-4(6)2-9(3,7)8/h6H,2H2,1H3. The molecule has 0 aromatic carbocycles. The minimum absolute atomic E-state index is 0.000000000000000222. The van der Waals surface area contributed by atoms with Crippen LogP contribution in [-0.4, -0.2) is 24.3 Å². The Balaban J connectivity index is 3.04. The van der Waals surface area contributed by atoms with Crippen LogP contribution in [-0.2, 0) is 9.84 Å². The van der Waals surface area contributed by atoms with Gasteiger partial charge in [-0.1, -0.05) is 0 Å². The second-order valence-corrected chi connectivity index (χ2v) is 3.92. The molecule has 0 aromatic heterocycles. The van der Waals surface area contributed by atoms with E-state index in [9.17, 15) is 8.42 Å². The maximum atomic E-state index is 10.7. The van der Waals surface area contributed by atoms with Crippen LogP contribution in [0.5, 0.6) is 0 Å². The zero-order valence-corrected chi connectivity index (χ0v) is 5.64. The minimum atomic E-state index is -3.21. The van der Waals surface area contributed by atoms with Gasteiger partial charge in [0.05, 0.1) is 0 Å². The van der Waals surface area contributed by atoms with Gasteiger partial charge in [-0.3, -0.25) is 0 Å². The number of aliphatic hydroxyl groups excluding tert-OH is 1. The summed E-state index contributed by atoms with van der Waals surface area (Å²) in [7, 11) is -3.21. The molecule has 1 heterocycles. The minimum Gasteiger partial charge on any atom is -0.364 e. The smallest absolute Gasteiger partial charge is 0.222 e. The van der Waals surface area contributed by atoms with Crippen LogP contribution < -0.4 is 0 Å². The molecule has 0 atom stereocenters. The van der Waals surface area contributed by atoms with E-state index in [-0.39, 0.29) is 17.0 Å². The summed E-state index contributed by atoms with van der Waals surface area (Å²) in [6.45, 7) is 1.36. The van der Waals surface area contributed by atoms with Gasteiger partial charge in [0.15, 0.2) is 9.84 Å². The first-order valence-corrected chi connectivity index (χ1v) is 4.00. The van der Waals surface area contributed by atoms with E-state index in [2.05, 4.69) is 4.99 Å². The van der Waals surface area contributed by atoms with Gasteiger partial charge in [0.25, 0.3) is 0 Å². The lowest BCUT2D eigenvalue weighted by atomic mass is 10.7. The number of hydrogen-bond acceptors (Lipinski definition) is 4. The highest BCUT2D eigenvalue weighted by molar-refractivity contribution is 8.06. The van der Waals surface area contributed by atoms with E-state index < -0.39 is 9.84 Å². The molecule has 0 spiro atoms. The Labute approximate surface area is 53.1 Å². The number of hydrogen-bond donors (Lipinski definition) is 1. The second-order valence-electron chi connectivity index (χ2n) is 1.81. The van der Waals surface area contributed by atoms with Crippen molar-refractivity contribution in [3.05, 3.63) is 6.23 Å². The lowest BCUT2D eigenvalue weighted by molar-refractivity contribution is 0.321. The Morgan fingerprint density at radius 1 is 1.67 bits per heavy atom. The third-order valence-corrected chi connectivity index (χ3v) is 2.69. The number of aliphatic imine (C=N–C) groups is 1. The highest BCUT2D eigenvalue weighted by atomic mass is 32.2. The van der Waals surface area contributed by atoms with Crippen LogP contribution in [0.25, 0.3) is 0 Å². The van der Waals surface area contributed by atoms with Gasteiger partial charge < -0.3 is 5.11 Å². The van der Waals surface area contributed by atoms with Gasteiger partial charge in [0.1, 0.15) is 10.8 Å². The second kappa shape index (κ2) is 1.78. The molecule has 9 heavy (non-hydrogen) atoms. The van der Waals surface area contributed by atoms with E-state index in [1.54, 1.807) is 0 Å². The van der Waals surface area contributed by atoms with Crippen molar-refractivity contribution >= 4 is 14.9 Å². The van der Waals surface area contributed by atoms with Crippen LogP contribution >= 0.6 is 0 Å². The fourth-order valence-corrected chi connectivity index (χ4v) is 1.42. The molecule has 4 nitrogen and oxygen atoms in total. The SMILES string of the molecule is CC1=N[C](O)CS1(=O)=O. The quantitative estimate of drug-likeness (QED) is 0.512. The molecule has 0 aromatic rings. The first kappa shape index (κ1) is 6.70. The first-order valence-electron chi connectivity index (χ1n) is 2.35. The van der Waals surface area contributed by atoms with Crippen LogP contribution in [0.2, 0.25) is 0 Å². The van der Waals surface area contributed by atoms with Gasteiger partial charge in [0.2, 0.25) is 6.23 Å². The summed E-state index contributed by atoms with van der Waals surface area (Å²) in [6.07, 6.45) is -0.312. The van der Waals surface area contributed by atoms with E-state index in [4.69, 9.17) is 5.11 Å². The summed E-state index contributed by atoms with van der Waals surface area (Å²) < 4.78 is 21.3. The predicted molar refractivity (Wildman–Crippen MR) is 32.1 cm³/mol. The molecule has 0 fully saturated rings. The molecule has 0 aliphatic carbocycles. The Hall–Kier alpha value is -0.420. The lowest BCUT2D eigenvalue weighted by Crippen LogP contribution is -2.09. The molecular weight excluding hydrogens is 142 g/mol. The van der Waals surface area contributed by atoms with Gasteiger partial charge >= 0.3 is 0 Å². The van der Waals surface area contributed by atoms with Crippen LogP contribution in [0.3, 0.4) is 0 Å². The molecule has 0 amide bonds. The number of sulfone groups is 1. The van der Waals surface area contributed by atoms with Gasteiger partial charge in [-0.25, -0.2) is 13.4 Å². The van der Waals surface area contributed by atoms with Gasteiger partial charge in [0, 0.05) is 0 Å². The molecular formula is C4H6NO3S. The summed E-state index contributed by atoms with van der Waals surface area (Å²) in [5.74, 6) is -0.334. The van der Waals surface area contributed by atoms with Crippen molar-refractivity contribution in [3.63, 3.8) is 0 Å². The zero-order chi connectivity index (χ0) is 7.07. The first-order chi connectivity index (χ1) is 4.02. The fraction of sp³-hybridized carbons (Fsp3) is 0.500. The Morgan fingerprint density at radius 2 is 2.22 bits per heavy atom. The molecule has 1 aliphatic rings. The summed E-state index contributed by atoms with van der Waals surface area (Å²) in [5, 5.41) is 8.59. The van der Waals surface area contributed by atoms with E-state index in [1.165, 1.54) is 6.92 Å². The Bertz CT molecular complexity index is 241. The molecule has 0 saturated heterocycles. The molecule has 5 heteroatoms. The highest BCUT2D eigenvalue weighted by Gasteiger charge is 2.28. The van der Waals surface area contributed by atoms with E-state index in [1.807, 2.05) is 0 Å². The highest BCUT2D eigenvalue weighted by Crippen LogP contribution is 2.13. The molecule has 1 N–H and O–H groups in total. The summed E-state index contributed by atoms with van der Waals surface area (Å²) in [5.41, 5.74) is 0. The third kappa shape index (κ3) is 1.11. The molecule has 0 saturated carbocycles. The van der Waals surface area contributed by atoms with Crippen molar-refractivity contribution in [2.75, 3.05) is 5.75 Å². The normalized spacial score (nSPS) is 26.2. The van der Waals surface area contributed by atoms with Gasteiger partial charge in [-0.2, -0.15) is 0 Å². The molecule has 1 aliphatic heterocycles. The monoisotopic (exact) mass is 148 g/mol. The van der Waals surface area contributed by atoms with E-state index in [0.29, 0.717) is 0 Å². The van der Waals surface area contributed by atoms with Crippen molar-refractivity contribution in [1.29, 1.82) is 0 Å². The third-order valence-electron chi connectivity index (χ3n) is 1.06. The van der Waals surface area contributed by atoms with Crippen molar-refractivity contribution in [1.82, 2.24) is 0 Å². The van der Waals surface area contributed by atoms with Crippen LogP contribution in [0.4, 0.5) is 0 Å². The molecule has 1 rings (SSSR count). The average molecular weight is 148 g/mol. The summed E-state index contributed by atoms with van der Waals surface area (Å²) in [4.78, 5) is 3.34. The Kier molecular flexibility index (Phi) is 1.32. The topological polar surface area (TPSA) is 66.7 Å². The molecule has 1 radical (unpaired) electrons. The van der Waals surface area contributed by atoms with Gasteiger partial charge in [-0.15, -0.1) is 0 Å². The summed E-state index contributed by atoms with van der Waals surface area (Å²) in [6, 6.07) is 0.